The van der Waals surface area contributed by atoms with Crippen LogP contribution >= 0.6 is 0 Å². The van der Waals surface area contributed by atoms with Crippen molar-refractivity contribution >= 4 is 11.8 Å². The molecule has 59 heavy (non-hydrogen) atoms. The van der Waals surface area contributed by atoms with Gasteiger partial charge in [0, 0.05) is 37.3 Å². The average Bonchev–Trinajstić information content (AvgIpc) is 3.49. The van der Waals surface area contributed by atoms with Crippen LogP contribution in [0, 0.1) is 0 Å². The van der Waals surface area contributed by atoms with E-state index in [0.717, 1.165) is 49.0 Å². The van der Waals surface area contributed by atoms with Gasteiger partial charge in [0.05, 0.1) is 39.1 Å². The lowest BCUT2D eigenvalue weighted by Crippen LogP contribution is -2.34. The number of fused-ring (bicyclic) bond motifs is 3. The molecule has 11 nitrogen and oxygen atoms in total. The highest BCUT2D eigenvalue weighted by Gasteiger charge is 2.36. The van der Waals surface area contributed by atoms with Crippen molar-refractivity contribution < 1.29 is 38.0 Å². The monoisotopic (exact) mass is 795 g/mol. The summed E-state index contributed by atoms with van der Waals surface area (Å²) in [6.07, 6.45) is 3.60. The number of likely N-dealkylation sites (N-methyl/N-ethyl adjacent to an activating group) is 2. The Balaban J connectivity index is 1.10. The topological polar surface area (TPSA) is 99.2 Å². The van der Waals surface area contributed by atoms with Gasteiger partial charge in [0.25, 0.3) is 11.8 Å². The minimum Gasteiger partial charge on any atom is -0.493 e. The molecule has 2 amide bonds. The molecule has 5 aliphatic heterocycles. The van der Waals surface area contributed by atoms with Crippen molar-refractivity contribution in [2.45, 2.75) is 44.2 Å². The van der Waals surface area contributed by atoms with Crippen molar-refractivity contribution in [2.24, 2.45) is 0 Å². The summed E-state index contributed by atoms with van der Waals surface area (Å²) in [6, 6.07) is 27.7. The van der Waals surface area contributed by atoms with E-state index in [1.807, 2.05) is 24.3 Å². The molecule has 0 saturated heterocycles. The molecule has 11 heteroatoms. The third kappa shape index (κ3) is 7.12. The second-order valence-electron chi connectivity index (χ2n) is 15.8. The van der Waals surface area contributed by atoms with E-state index in [2.05, 4.69) is 60.3 Å². The van der Waals surface area contributed by atoms with Crippen LogP contribution in [0.25, 0.3) is 0 Å². The van der Waals surface area contributed by atoms with Gasteiger partial charge < -0.3 is 28.4 Å². The van der Waals surface area contributed by atoms with Crippen LogP contribution in [0.2, 0.25) is 0 Å². The van der Waals surface area contributed by atoms with E-state index >= 15 is 0 Å². The molecule has 5 aromatic rings. The summed E-state index contributed by atoms with van der Waals surface area (Å²) in [5.74, 6) is 4.37. The van der Waals surface area contributed by atoms with Crippen molar-refractivity contribution in [3.63, 3.8) is 0 Å². The molecule has 304 valence electrons. The number of nitrogens with zero attached hydrogens (tertiary/aromatic N) is 3. The Labute approximate surface area is 344 Å². The zero-order valence-corrected chi connectivity index (χ0v) is 34.2. The predicted octanol–water partition coefficient (Wildman–Crippen LogP) is 8.22. The van der Waals surface area contributed by atoms with Gasteiger partial charge in [-0.25, -0.2) is 0 Å². The predicted molar refractivity (Wildman–Crippen MR) is 223 cm³/mol. The van der Waals surface area contributed by atoms with E-state index in [1.54, 1.807) is 45.6 Å². The smallest absolute Gasteiger partial charge is 0.261 e. The fraction of sp³-hybridized carbons (Fsp3) is 0.333. The fourth-order valence-corrected chi connectivity index (χ4v) is 9.07. The van der Waals surface area contributed by atoms with Crippen LogP contribution in [-0.2, 0) is 25.7 Å². The molecule has 6 bridgehead atoms. The van der Waals surface area contributed by atoms with Gasteiger partial charge in [-0.05, 0) is 129 Å². The Hall–Kier alpha value is -6.04. The second kappa shape index (κ2) is 16.0. The number of carbonyl (C=O) groups excluding carboxylic acids is 2. The third-order valence-corrected chi connectivity index (χ3v) is 12.3. The molecule has 0 aromatic heterocycles. The van der Waals surface area contributed by atoms with Gasteiger partial charge in [-0.2, -0.15) is 0 Å². The van der Waals surface area contributed by atoms with Crippen LogP contribution in [0.5, 0.6) is 46.0 Å². The van der Waals surface area contributed by atoms with Crippen LogP contribution in [-0.4, -0.2) is 88.2 Å². The number of methoxy groups -OCH3 is 3. The van der Waals surface area contributed by atoms with Crippen LogP contribution in [0.1, 0.15) is 72.6 Å². The summed E-state index contributed by atoms with van der Waals surface area (Å²) in [5, 5.41) is 0. The fourth-order valence-electron chi connectivity index (χ4n) is 9.07. The first kappa shape index (κ1) is 38.5. The Morgan fingerprint density at radius 1 is 0.661 bits per heavy atom. The van der Waals surface area contributed by atoms with E-state index < -0.39 is 0 Å². The molecule has 0 aliphatic carbocycles. The lowest BCUT2D eigenvalue weighted by molar-refractivity contribution is 0.0646. The number of amides is 2. The number of hydrogen-bond donors (Lipinski definition) is 0. The quantitative estimate of drug-likeness (QED) is 0.113. The molecule has 0 N–H and O–H groups in total. The normalized spacial score (nSPS) is 18.6. The maximum absolute atomic E-state index is 13.0. The molecule has 0 spiro atoms. The summed E-state index contributed by atoms with van der Waals surface area (Å²) in [4.78, 5) is 32.0. The summed E-state index contributed by atoms with van der Waals surface area (Å²) in [6.45, 7) is 2.29. The van der Waals surface area contributed by atoms with E-state index in [9.17, 15) is 9.59 Å². The number of ether oxygens (including phenoxy) is 6. The molecule has 2 atom stereocenters. The number of carbonyl (C=O) groups is 2. The number of hydrogen-bond acceptors (Lipinski definition) is 10. The standard InChI is InChI=1S/C48H49N3O8/c1-49-20-17-31-26-40(54-3)42-28-36(31)37(49)23-29-11-14-33(15-12-29)58-41-25-30(24-38-44-32(18-21-50(38)2)27-43(55-4)45(56-5)46(44)59-42)13-16-39(41)57-22-8-19-51-47(52)34-9-6-7-10-35(34)48(51)53/h6-7,9-16,25-28,37-38H,8,17-24H2,1-5H3/t37-,38+/m0/s1. The molecule has 10 rings (SSSR count). The van der Waals surface area contributed by atoms with Gasteiger partial charge in [0.1, 0.15) is 5.75 Å². The van der Waals surface area contributed by atoms with E-state index in [1.165, 1.54) is 21.6 Å². The molecule has 5 aliphatic rings. The highest BCUT2D eigenvalue weighted by molar-refractivity contribution is 6.21. The molecular formula is C48H49N3O8. The molecule has 0 fully saturated rings. The van der Waals surface area contributed by atoms with Crippen molar-refractivity contribution in [3.8, 4) is 46.0 Å². The zero-order valence-electron chi connectivity index (χ0n) is 34.2. The summed E-state index contributed by atoms with van der Waals surface area (Å²) in [7, 11) is 9.33. The first-order chi connectivity index (χ1) is 28.7. The van der Waals surface area contributed by atoms with Crippen molar-refractivity contribution in [1.29, 1.82) is 0 Å². The summed E-state index contributed by atoms with van der Waals surface area (Å²) < 4.78 is 38.1. The SMILES string of the molecule is COc1cc2c3cc1Oc1c(OC)c(OC)cc4c1[C@@H](Cc1ccc(OCCCN5C(=O)c6ccccc6C5=O)c(c1)Oc1ccc(cc1)C[C@@H]3N(C)CC2)N(C)CC4. The maximum atomic E-state index is 13.0. The summed E-state index contributed by atoms with van der Waals surface area (Å²) in [5.41, 5.74) is 7.74. The first-order valence-electron chi connectivity index (χ1n) is 20.3. The highest BCUT2D eigenvalue weighted by Crippen LogP contribution is 2.52. The lowest BCUT2D eigenvalue weighted by Gasteiger charge is -2.37. The van der Waals surface area contributed by atoms with Gasteiger partial charge >= 0.3 is 0 Å². The van der Waals surface area contributed by atoms with Gasteiger partial charge in [-0.3, -0.25) is 24.3 Å². The Morgan fingerprint density at radius 2 is 1.31 bits per heavy atom. The Morgan fingerprint density at radius 3 is 2.02 bits per heavy atom. The van der Waals surface area contributed by atoms with Gasteiger partial charge in [-0.15, -0.1) is 0 Å². The van der Waals surface area contributed by atoms with Crippen LogP contribution in [0.4, 0.5) is 0 Å². The summed E-state index contributed by atoms with van der Waals surface area (Å²) >= 11 is 0. The van der Waals surface area contributed by atoms with E-state index in [0.29, 0.717) is 70.0 Å². The molecule has 0 saturated carbocycles. The first-order valence-corrected chi connectivity index (χ1v) is 20.3. The van der Waals surface area contributed by atoms with Crippen molar-refractivity contribution in [3.05, 3.63) is 129 Å². The van der Waals surface area contributed by atoms with Gasteiger partial charge in [0.2, 0.25) is 5.75 Å². The van der Waals surface area contributed by atoms with Crippen molar-refractivity contribution in [1.82, 2.24) is 14.7 Å². The molecule has 0 radical (unpaired) electrons. The largest absolute Gasteiger partial charge is 0.493 e. The van der Waals surface area contributed by atoms with Crippen molar-refractivity contribution in [2.75, 3.05) is 61.7 Å². The van der Waals surface area contributed by atoms with E-state index in [-0.39, 0.29) is 37.0 Å². The average molecular weight is 796 g/mol. The minimum absolute atomic E-state index is 0.0893. The van der Waals surface area contributed by atoms with E-state index in [4.69, 9.17) is 28.4 Å². The molecule has 5 heterocycles. The van der Waals surface area contributed by atoms with Crippen LogP contribution in [0.15, 0.2) is 84.9 Å². The number of imide groups is 1. The van der Waals surface area contributed by atoms with Crippen LogP contribution in [0.3, 0.4) is 0 Å². The maximum Gasteiger partial charge on any atom is 0.261 e. The minimum atomic E-state index is -0.268. The number of rotatable bonds is 8. The second-order valence-corrected chi connectivity index (χ2v) is 15.8. The number of benzene rings is 5. The van der Waals surface area contributed by atoms with Gasteiger partial charge in [-0.1, -0.05) is 30.3 Å². The van der Waals surface area contributed by atoms with Gasteiger partial charge in [0.15, 0.2) is 34.5 Å². The molecular weight excluding hydrogens is 747 g/mol. The third-order valence-electron chi connectivity index (χ3n) is 12.3. The zero-order chi connectivity index (χ0) is 40.8. The highest BCUT2D eigenvalue weighted by atomic mass is 16.5. The molecule has 5 aromatic carbocycles. The molecule has 0 unspecified atom stereocenters. The lowest BCUT2D eigenvalue weighted by atomic mass is 9.87. The van der Waals surface area contributed by atoms with Crippen LogP contribution < -0.4 is 28.4 Å². The Kier molecular flexibility index (Phi) is 10.4. The Bertz CT molecular complexity index is 2400.